The highest BCUT2D eigenvalue weighted by atomic mass is 32.4. The molecule has 0 aliphatic carbocycles. The Hall–Kier alpha value is -0.250. The lowest BCUT2D eigenvalue weighted by atomic mass is 10.1. The van der Waals surface area contributed by atoms with Crippen LogP contribution in [-0.4, -0.2) is 6.54 Å². The fourth-order valence-corrected chi connectivity index (χ4v) is 1.97. The molecule has 5 heteroatoms. The van der Waals surface area contributed by atoms with Crippen LogP contribution in [0.1, 0.15) is 12.0 Å². The molecule has 14 heavy (non-hydrogen) atoms. The zero-order chi connectivity index (χ0) is 10.4. The van der Waals surface area contributed by atoms with Crippen molar-refractivity contribution < 1.29 is 0 Å². The quantitative estimate of drug-likeness (QED) is 0.527. The minimum atomic E-state index is -2.20. The molecule has 3 nitrogen and oxygen atoms in total. The second-order valence-corrected chi connectivity index (χ2v) is 6.75. The van der Waals surface area contributed by atoms with E-state index in [1.807, 2.05) is 18.2 Å². The van der Waals surface area contributed by atoms with Crippen molar-refractivity contribution in [1.29, 1.82) is 0 Å². The highest BCUT2D eigenvalue weighted by Crippen LogP contribution is 2.17. The summed E-state index contributed by atoms with van der Waals surface area (Å²) < 4.78 is 0. The average molecular weight is 229 g/mol. The molecule has 0 atom stereocenters. The number of benzene rings is 1. The Labute approximate surface area is 90.0 Å². The maximum Gasteiger partial charge on any atom is 0.132 e. The molecule has 0 saturated heterocycles. The third kappa shape index (κ3) is 5.47. The number of hydrogen-bond acceptors (Lipinski definition) is 1. The van der Waals surface area contributed by atoms with Crippen LogP contribution in [0.4, 0.5) is 0 Å². The summed E-state index contributed by atoms with van der Waals surface area (Å²) in [6, 6.07) is 10.3. The molecular weight excluding hydrogens is 213 g/mol. The first kappa shape index (κ1) is 11.8. The van der Waals surface area contributed by atoms with Gasteiger partial charge in [0, 0.05) is 6.54 Å². The minimum absolute atomic E-state index is 0.791. The zero-order valence-corrected chi connectivity index (χ0v) is 9.73. The number of rotatable bonds is 5. The summed E-state index contributed by atoms with van der Waals surface area (Å²) in [4.78, 5) is 0. The zero-order valence-electron chi connectivity index (χ0n) is 8.02. The highest BCUT2D eigenvalue weighted by Gasteiger charge is 2.00. The molecule has 5 N–H and O–H groups in total. The molecule has 0 aliphatic heterocycles. The van der Waals surface area contributed by atoms with Crippen LogP contribution >= 0.6 is 6.49 Å². The summed E-state index contributed by atoms with van der Waals surface area (Å²) in [6.45, 7) is -1.41. The average Bonchev–Trinajstić information content (AvgIpc) is 2.13. The van der Waals surface area contributed by atoms with Gasteiger partial charge in [0.15, 0.2) is 0 Å². The van der Waals surface area contributed by atoms with Gasteiger partial charge in [-0.05, 0) is 30.2 Å². The molecule has 1 rings (SSSR count). The van der Waals surface area contributed by atoms with E-state index >= 15 is 0 Å². The van der Waals surface area contributed by atoms with E-state index in [2.05, 4.69) is 17.2 Å². The van der Waals surface area contributed by atoms with Crippen LogP contribution in [0, 0.1) is 0 Å². The van der Waals surface area contributed by atoms with E-state index in [9.17, 15) is 0 Å². The van der Waals surface area contributed by atoms with Crippen molar-refractivity contribution in [2.75, 3.05) is 6.54 Å². The van der Waals surface area contributed by atoms with Gasteiger partial charge in [0.25, 0.3) is 0 Å². The van der Waals surface area contributed by atoms with Crippen LogP contribution in [0.15, 0.2) is 30.3 Å². The first-order valence-corrected chi connectivity index (χ1v) is 7.48. The van der Waals surface area contributed by atoms with Gasteiger partial charge in [-0.25, -0.2) is 0 Å². The molecule has 1 aromatic rings. The summed E-state index contributed by atoms with van der Waals surface area (Å²) in [5, 5.41) is 2.97. The summed E-state index contributed by atoms with van der Waals surface area (Å²) in [6.07, 6.45) is 2.04. The van der Waals surface area contributed by atoms with Crippen LogP contribution in [-0.2, 0) is 18.2 Å². The van der Waals surface area contributed by atoms with Crippen LogP contribution in [0.25, 0.3) is 0 Å². The van der Waals surface area contributed by atoms with E-state index in [0.717, 1.165) is 19.4 Å². The fourth-order valence-electron chi connectivity index (χ4n) is 1.19. The highest BCUT2D eigenvalue weighted by molar-refractivity contribution is 8.11. The van der Waals surface area contributed by atoms with Crippen LogP contribution < -0.4 is 16.1 Å². The van der Waals surface area contributed by atoms with Gasteiger partial charge in [-0.2, -0.15) is 0 Å². The Morgan fingerprint density at radius 3 is 2.43 bits per heavy atom. The molecule has 0 amide bonds. The molecule has 0 radical (unpaired) electrons. The first-order chi connectivity index (χ1) is 6.58. The monoisotopic (exact) mass is 229 g/mol. The van der Waals surface area contributed by atoms with E-state index in [1.165, 1.54) is 5.56 Å². The van der Waals surface area contributed by atoms with E-state index in [0.29, 0.717) is 0 Å². The summed E-state index contributed by atoms with van der Waals surface area (Å²) in [7, 11) is 0. The summed E-state index contributed by atoms with van der Waals surface area (Å²) in [5.74, 6) is 0. The Kier molecular flexibility index (Phi) is 4.72. The Morgan fingerprint density at radius 1 is 1.21 bits per heavy atom. The first-order valence-electron chi connectivity index (χ1n) is 4.54. The molecule has 0 aliphatic rings. The Morgan fingerprint density at radius 2 is 1.86 bits per heavy atom. The third-order valence-corrected chi connectivity index (χ3v) is 2.95. The van der Waals surface area contributed by atoms with Crippen molar-refractivity contribution in [3.63, 3.8) is 0 Å². The standard InChI is InChI=1S/C9H16N3PS/c10-13(11,14)12-8-4-7-9-5-2-1-3-6-9/h1-3,5-6H,4,7-8H2,(H5,10,11,12,14). The van der Waals surface area contributed by atoms with Gasteiger partial charge < -0.3 is 0 Å². The van der Waals surface area contributed by atoms with Crippen LogP contribution in [0.5, 0.6) is 0 Å². The number of hydrogen-bond donors (Lipinski definition) is 3. The predicted molar refractivity (Wildman–Crippen MR) is 65.4 cm³/mol. The van der Waals surface area contributed by atoms with Crippen molar-refractivity contribution in [1.82, 2.24) is 5.09 Å². The topological polar surface area (TPSA) is 64.1 Å². The van der Waals surface area contributed by atoms with E-state index in [1.54, 1.807) is 0 Å². The number of aryl methyl sites for hydroxylation is 1. The lowest BCUT2D eigenvalue weighted by Crippen LogP contribution is -2.23. The van der Waals surface area contributed by atoms with Gasteiger partial charge in [-0.3, -0.25) is 16.1 Å². The molecule has 78 valence electrons. The molecule has 0 bridgehead atoms. The molecule has 0 heterocycles. The molecule has 0 unspecified atom stereocenters. The van der Waals surface area contributed by atoms with Crippen LogP contribution in [0.2, 0.25) is 0 Å². The fraction of sp³-hybridized carbons (Fsp3) is 0.333. The lowest BCUT2D eigenvalue weighted by Gasteiger charge is -2.11. The van der Waals surface area contributed by atoms with E-state index in [-0.39, 0.29) is 0 Å². The smallest absolute Gasteiger partial charge is 0.132 e. The Bertz CT molecular complexity index is 309. The summed E-state index contributed by atoms with van der Waals surface area (Å²) >= 11 is 4.87. The molecule has 0 fully saturated rings. The van der Waals surface area contributed by atoms with Gasteiger partial charge in [0.2, 0.25) is 0 Å². The number of nitrogens with two attached hydrogens (primary N) is 2. The second kappa shape index (κ2) is 5.59. The maximum absolute atomic E-state index is 5.51. The SMILES string of the molecule is NP(N)(=S)NCCCc1ccccc1. The van der Waals surface area contributed by atoms with Gasteiger partial charge in [-0.1, -0.05) is 30.3 Å². The predicted octanol–water partition coefficient (Wildman–Crippen LogP) is 1.35. The van der Waals surface area contributed by atoms with Gasteiger partial charge in [0.1, 0.15) is 6.49 Å². The van der Waals surface area contributed by atoms with Crippen molar-refractivity contribution >= 4 is 18.3 Å². The largest absolute Gasteiger partial charge is 0.280 e. The van der Waals surface area contributed by atoms with E-state index < -0.39 is 6.49 Å². The van der Waals surface area contributed by atoms with Gasteiger partial charge in [-0.15, -0.1) is 0 Å². The summed E-state index contributed by atoms with van der Waals surface area (Å²) in [5.41, 5.74) is 12.3. The molecule has 1 aromatic carbocycles. The van der Waals surface area contributed by atoms with Gasteiger partial charge in [0.05, 0.1) is 0 Å². The molecule has 0 saturated carbocycles. The van der Waals surface area contributed by atoms with Crippen molar-refractivity contribution in [3.05, 3.63) is 35.9 Å². The molecule has 0 spiro atoms. The normalized spacial score (nSPS) is 11.6. The maximum atomic E-state index is 5.51. The van der Waals surface area contributed by atoms with Gasteiger partial charge >= 0.3 is 0 Å². The van der Waals surface area contributed by atoms with Crippen LogP contribution in [0.3, 0.4) is 0 Å². The van der Waals surface area contributed by atoms with Crippen molar-refractivity contribution in [2.45, 2.75) is 12.8 Å². The minimum Gasteiger partial charge on any atom is -0.280 e. The molecule has 0 aromatic heterocycles. The number of nitrogens with one attached hydrogen (secondary N) is 1. The van der Waals surface area contributed by atoms with Crippen molar-refractivity contribution in [2.24, 2.45) is 11.0 Å². The van der Waals surface area contributed by atoms with E-state index in [4.69, 9.17) is 22.8 Å². The molecular formula is C9H16N3PS. The third-order valence-electron chi connectivity index (χ3n) is 1.84. The lowest BCUT2D eigenvalue weighted by molar-refractivity contribution is 0.790. The Balaban J connectivity index is 2.20. The second-order valence-electron chi connectivity index (χ2n) is 3.21. The van der Waals surface area contributed by atoms with Crippen molar-refractivity contribution in [3.8, 4) is 0 Å².